The molecule has 0 saturated carbocycles. The third kappa shape index (κ3) is 5.03. The van der Waals surface area contributed by atoms with Crippen LogP contribution in [0, 0.1) is 5.82 Å². The number of aliphatic hydroxyl groups excluding tert-OH is 1. The predicted molar refractivity (Wildman–Crippen MR) is 136 cm³/mol. The number of H-pyrrole nitrogens is 1. The van der Waals surface area contributed by atoms with E-state index in [1.54, 1.807) is 25.3 Å². The highest BCUT2D eigenvalue weighted by Gasteiger charge is 2.17. The van der Waals surface area contributed by atoms with E-state index >= 15 is 0 Å². The van der Waals surface area contributed by atoms with E-state index in [2.05, 4.69) is 35.9 Å². The lowest BCUT2D eigenvalue weighted by Gasteiger charge is -2.12. The molecule has 38 heavy (non-hydrogen) atoms. The molecule has 4 heterocycles. The number of aromatic nitrogens is 6. The van der Waals surface area contributed by atoms with E-state index in [0.717, 1.165) is 4.68 Å². The molecule has 5 rings (SSSR count). The minimum absolute atomic E-state index is 0.0819. The molecule has 13 heteroatoms. The Hall–Kier alpha value is -5.17. The number of pyridine rings is 2. The highest BCUT2D eigenvalue weighted by Crippen LogP contribution is 2.33. The van der Waals surface area contributed by atoms with Gasteiger partial charge in [-0.2, -0.15) is 14.9 Å². The van der Waals surface area contributed by atoms with Crippen molar-refractivity contribution < 1.29 is 19.0 Å². The smallest absolute Gasteiger partial charge is 0.284 e. The second kappa shape index (κ2) is 10.4. The average molecular weight is 516 g/mol. The third-order valence-electron chi connectivity index (χ3n) is 5.45. The van der Waals surface area contributed by atoms with E-state index < -0.39 is 17.3 Å². The summed E-state index contributed by atoms with van der Waals surface area (Å²) in [4.78, 5) is 34.0. The quantitative estimate of drug-likeness (QED) is 0.243. The molecule has 1 amide bonds. The second-order valence-corrected chi connectivity index (χ2v) is 8.21. The van der Waals surface area contributed by atoms with Gasteiger partial charge in [0.1, 0.15) is 34.1 Å². The molecule has 0 aliphatic rings. The lowest BCUT2D eigenvalue weighted by atomic mass is 10.2. The van der Waals surface area contributed by atoms with Crippen LogP contribution in [-0.4, -0.2) is 53.6 Å². The van der Waals surface area contributed by atoms with E-state index in [9.17, 15) is 19.1 Å². The first-order valence-corrected chi connectivity index (χ1v) is 11.4. The zero-order valence-corrected chi connectivity index (χ0v) is 19.9. The maximum atomic E-state index is 13.2. The Balaban J connectivity index is 1.33. The number of benzene rings is 1. The minimum Gasteiger partial charge on any atom is -0.455 e. The molecule has 1 aromatic carbocycles. The highest BCUT2D eigenvalue weighted by molar-refractivity contribution is 6.03. The van der Waals surface area contributed by atoms with Gasteiger partial charge in [0, 0.05) is 24.5 Å². The standard InChI is InChI=1S/C25H21FN8O4/c1-14(13-35)30-23-21-19(9-10-27-22(21)32-33-23)38-17-6-7-20(28-12-17)31-24(36)18-8-11-29-34(25(18)37)16-4-2-15(26)3-5-16/h2-12,14,35H,13H2,1H3,(H,28,31,36)(H2,27,30,32,33)/t14-/m1/s1. The molecular weight excluding hydrogens is 495 g/mol. The third-order valence-corrected chi connectivity index (χ3v) is 5.45. The fourth-order valence-electron chi connectivity index (χ4n) is 3.57. The van der Waals surface area contributed by atoms with Gasteiger partial charge in [0.05, 0.1) is 18.5 Å². The Morgan fingerprint density at radius 1 is 1.13 bits per heavy atom. The van der Waals surface area contributed by atoms with Crippen molar-refractivity contribution in [2.45, 2.75) is 13.0 Å². The molecule has 0 fully saturated rings. The van der Waals surface area contributed by atoms with Gasteiger partial charge in [-0.15, -0.1) is 0 Å². The molecule has 0 unspecified atom stereocenters. The van der Waals surface area contributed by atoms with Crippen molar-refractivity contribution in [1.82, 2.24) is 29.9 Å². The summed E-state index contributed by atoms with van der Waals surface area (Å²) in [5.74, 6) is 0.353. The number of hydrogen-bond acceptors (Lipinski definition) is 9. The predicted octanol–water partition coefficient (Wildman–Crippen LogP) is 2.88. The number of nitrogens with zero attached hydrogens (tertiary/aromatic N) is 5. The summed E-state index contributed by atoms with van der Waals surface area (Å²) < 4.78 is 20.2. The van der Waals surface area contributed by atoms with Gasteiger partial charge in [-0.05, 0) is 49.4 Å². The number of hydrogen-bond donors (Lipinski definition) is 4. The van der Waals surface area contributed by atoms with E-state index in [4.69, 9.17) is 4.74 Å². The molecule has 4 N–H and O–H groups in total. The average Bonchev–Trinajstić information content (AvgIpc) is 3.34. The molecule has 0 bridgehead atoms. The van der Waals surface area contributed by atoms with Crippen LogP contribution >= 0.6 is 0 Å². The first-order chi connectivity index (χ1) is 18.4. The molecule has 5 aromatic rings. The Bertz CT molecular complexity index is 1650. The van der Waals surface area contributed by atoms with Gasteiger partial charge in [-0.25, -0.2) is 14.4 Å². The minimum atomic E-state index is -0.683. The Labute approximate surface area is 214 Å². The summed E-state index contributed by atoms with van der Waals surface area (Å²) in [6.07, 6.45) is 4.28. The van der Waals surface area contributed by atoms with Crippen LogP contribution in [0.1, 0.15) is 17.3 Å². The lowest BCUT2D eigenvalue weighted by Crippen LogP contribution is -2.29. The van der Waals surface area contributed by atoms with E-state index in [-0.39, 0.29) is 24.0 Å². The van der Waals surface area contributed by atoms with Crippen LogP contribution in [-0.2, 0) is 0 Å². The summed E-state index contributed by atoms with van der Waals surface area (Å²) in [6.45, 7) is 1.72. The van der Waals surface area contributed by atoms with Crippen molar-refractivity contribution in [1.29, 1.82) is 0 Å². The topological polar surface area (TPSA) is 160 Å². The van der Waals surface area contributed by atoms with Gasteiger partial charge in [-0.1, -0.05) is 0 Å². The molecule has 192 valence electrons. The van der Waals surface area contributed by atoms with Gasteiger partial charge in [-0.3, -0.25) is 14.7 Å². The van der Waals surface area contributed by atoms with Gasteiger partial charge < -0.3 is 20.5 Å². The molecule has 0 aliphatic heterocycles. The first kappa shape index (κ1) is 24.5. The molecule has 12 nitrogen and oxygen atoms in total. The normalized spacial score (nSPS) is 11.8. The van der Waals surface area contributed by atoms with Crippen LogP contribution in [0.5, 0.6) is 11.5 Å². The number of halogens is 1. The molecule has 1 atom stereocenters. The number of carbonyl (C=O) groups excluding carboxylic acids is 1. The highest BCUT2D eigenvalue weighted by atomic mass is 19.1. The summed E-state index contributed by atoms with van der Waals surface area (Å²) in [5.41, 5.74) is -0.0191. The second-order valence-electron chi connectivity index (χ2n) is 8.21. The molecule has 4 aromatic heterocycles. The number of nitrogens with one attached hydrogen (secondary N) is 3. The van der Waals surface area contributed by atoms with Crippen molar-refractivity contribution in [3.8, 4) is 17.2 Å². The van der Waals surface area contributed by atoms with Crippen LogP contribution in [0.25, 0.3) is 16.7 Å². The first-order valence-electron chi connectivity index (χ1n) is 11.4. The van der Waals surface area contributed by atoms with Crippen molar-refractivity contribution in [2.75, 3.05) is 17.2 Å². The fraction of sp³-hybridized carbons (Fsp3) is 0.120. The van der Waals surface area contributed by atoms with E-state index in [1.165, 1.54) is 48.8 Å². The monoisotopic (exact) mass is 516 g/mol. The maximum Gasteiger partial charge on any atom is 0.284 e. The van der Waals surface area contributed by atoms with Crippen molar-refractivity contribution in [3.63, 3.8) is 0 Å². The van der Waals surface area contributed by atoms with Crippen LogP contribution in [0.15, 0.2) is 71.9 Å². The molecule has 0 spiro atoms. The van der Waals surface area contributed by atoms with Gasteiger partial charge in [0.15, 0.2) is 11.5 Å². The number of ether oxygens (including phenoxy) is 1. The number of anilines is 2. The SMILES string of the molecule is C[C@H](CO)Nc1n[nH]c2nccc(Oc3ccc(NC(=O)c4ccnn(-c5ccc(F)cc5)c4=O)nc3)c12. The summed E-state index contributed by atoms with van der Waals surface area (Å²) in [5, 5.41) is 26.6. The van der Waals surface area contributed by atoms with Crippen molar-refractivity contribution in [3.05, 3.63) is 88.9 Å². The number of aliphatic hydroxyl groups is 1. The van der Waals surface area contributed by atoms with Crippen LogP contribution in [0.2, 0.25) is 0 Å². The largest absolute Gasteiger partial charge is 0.455 e. The number of amides is 1. The molecular formula is C25H21FN8O4. The van der Waals surface area contributed by atoms with Gasteiger partial charge in [0.25, 0.3) is 11.5 Å². The van der Waals surface area contributed by atoms with Crippen LogP contribution in [0.4, 0.5) is 16.0 Å². The van der Waals surface area contributed by atoms with E-state index in [0.29, 0.717) is 34.0 Å². The van der Waals surface area contributed by atoms with Crippen molar-refractivity contribution >= 4 is 28.6 Å². The maximum absolute atomic E-state index is 13.2. The van der Waals surface area contributed by atoms with Gasteiger partial charge in [0.2, 0.25) is 0 Å². The summed E-state index contributed by atoms with van der Waals surface area (Å²) in [6, 6.07) is 11.0. The summed E-state index contributed by atoms with van der Waals surface area (Å²) in [7, 11) is 0. The Kier molecular flexibility index (Phi) is 6.74. The number of fused-ring (bicyclic) bond motifs is 1. The zero-order chi connectivity index (χ0) is 26.6. The Morgan fingerprint density at radius 2 is 1.95 bits per heavy atom. The van der Waals surface area contributed by atoms with Crippen LogP contribution < -0.4 is 20.9 Å². The Morgan fingerprint density at radius 3 is 2.68 bits per heavy atom. The van der Waals surface area contributed by atoms with Gasteiger partial charge >= 0.3 is 0 Å². The zero-order valence-electron chi connectivity index (χ0n) is 19.9. The number of aromatic amines is 1. The van der Waals surface area contributed by atoms with Crippen LogP contribution in [0.3, 0.4) is 0 Å². The lowest BCUT2D eigenvalue weighted by molar-refractivity contribution is 0.102. The fourth-order valence-corrected chi connectivity index (χ4v) is 3.57. The number of carbonyl (C=O) groups is 1. The number of rotatable bonds is 8. The molecule has 0 aliphatic carbocycles. The molecule has 0 saturated heterocycles. The van der Waals surface area contributed by atoms with E-state index in [1.807, 2.05) is 0 Å². The molecule has 0 radical (unpaired) electrons. The summed E-state index contributed by atoms with van der Waals surface area (Å²) >= 11 is 0. The van der Waals surface area contributed by atoms with Crippen molar-refractivity contribution in [2.24, 2.45) is 0 Å².